The lowest BCUT2D eigenvalue weighted by Crippen LogP contribution is -2.27. The van der Waals surface area contributed by atoms with Crippen LogP contribution in [-0.2, 0) is 0 Å². The van der Waals surface area contributed by atoms with Crippen LogP contribution < -0.4 is 16.4 Å². The molecule has 40 heavy (non-hydrogen) atoms. The van der Waals surface area contributed by atoms with Crippen LogP contribution in [0.1, 0.15) is 48.8 Å². The molecule has 0 aliphatic heterocycles. The number of hydrogen-bond donors (Lipinski definition) is 12. The van der Waals surface area contributed by atoms with Gasteiger partial charge in [-0.2, -0.15) is 0 Å². The number of likely N-dealkylation sites (N-methyl/N-ethyl adjacent to an activating group) is 1. The van der Waals surface area contributed by atoms with Crippen molar-refractivity contribution >= 4 is 0 Å². The fraction of sp³-hybridized carbons (Fsp3) is 0.357. The maximum Gasteiger partial charge on any atom is 0.157 e. The predicted octanol–water partition coefficient (Wildman–Crippen LogP) is 1.57. The largest absolute Gasteiger partial charge is 0.504 e. The Labute approximate surface area is 233 Å². The van der Waals surface area contributed by atoms with E-state index in [2.05, 4.69) is 10.6 Å². The summed E-state index contributed by atoms with van der Waals surface area (Å²) in [6.07, 6.45) is -2.15. The summed E-state index contributed by atoms with van der Waals surface area (Å²) >= 11 is 0. The lowest BCUT2D eigenvalue weighted by molar-refractivity contribution is 0.171. The Balaban J connectivity index is 0.000000302. The van der Waals surface area contributed by atoms with Gasteiger partial charge in [-0.15, -0.1) is 0 Å². The van der Waals surface area contributed by atoms with Gasteiger partial charge in [0.2, 0.25) is 0 Å². The van der Waals surface area contributed by atoms with E-state index in [1.54, 1.807) is 19.2 Å². The summed E-state index contributed by atoms with van der Waals surface area (Å²) in [7, 11) is 1.73. The fourth-order valence-electron chi connectivity index (χ4n) is 3.16. The predicted molar refractivity (Wildman–Crippen MR) is 150 cm³/mol. The molecular formula is C28H41N3O9. The number of aromatic hydroxyl groups is 6. The second-order valence-corrected chi connectivity index (χ2v) is 9.15. The number of hydrogen-bond acceptors (Lipinski definition) is 12. The average Bonchev–Trinajstić information content (AvgIpc) is 2.92. The molecule has 0 spiro atoms. The monoisotopic (exact) mass is 563 g/mol. The highest BCUT2D eigenvalue weighted by Gasteiger charge is 2.11. The molecule has 0 aliphatic carbocycles. The third kappa shape index (κ3) is 11.5. The van der Waals surface area contributed by atoms with Crippen molar-refractivity contribution in [2.24, 2.45) is 5.73 Å². The second-order valence-electron chi connectivity index (χ2n) is 9.15. The average molecular weight is 564 g/mol. The molecule has 0 saturated heterocycles. The van der Waals surface area contributed by atoms with Crippen LogP contribution in [0.15, 0.2) is 54.6 Å². The highest BCUT2D eigenvalue weighted by Crippen LogP contribution is 2.29. The molecular weight excluding hydrogens is 522 g/mol. The molecule has 3 aromatic carbocycles. The van der Waals surface area contributed by atoms with Crippen molar-refractivity contribution in [2.45, 2.75) is 38.2 Å². The normalized spacial score (nSPS) is 12.9. The van der Waals surface area contributed by atoms with E-state index < -0.39 is 18.3 Å². The molecule has 0 aliphatic rings. The van der Waals surface area contributed by atoms with Crippen LogP contribution in [0, 0.1) is 0 Å². The van der Waals surface area contributed by atoms with E-state index in [-0.39, 0.29) is 41.0 Å². The minimum Gasteiger partial charge on any atom is -0.504 e. The third-order valence-electron chi connectivity index (χ3n) is 5.49. The minimum absolute atomic E-state index is 0.0875. The first kappa shape index (κ1) is 34.2. The van der Waals surface area contributed by atoms with Crippen molar-refractivity contribution in [1.29, 1.82) is 0 Å². The Kier molecular flexibility index (Phi) is 14.6. The number of aliphatic hydroxyl groups excluding tert-OH is 3. The summed E-state index contributed by atoms with van der Waals surface area (Å²) in [5, 5.41) is 88.8. The van der Waals surface area contributed by atoms with Gasteiger partial charge in [-0.05, 0) is 60.1 Å². The van der Waals surface area contributed by atoms with E-state index in [0.717, 1.165) is 0 Å². The fourth-order valence-corrected chi connectivity index (χ4v) is 3.16. The number of aliphatic hydroxyl groups is 3. The maximum absolute atomic E-state index is 9.73. The van der Waals surface area contributed by atoms with Gasteiger partial charge in [0.25, 0.3) is 0 Å². The zero-order chi connectivity index (χ0) is 30.4. The molecule has 3 aromatic rings. The molecule has 0 amide bonds. The number of phenolic OH excluding ortho intramolecular Hbond substituents is 6. The van der Waals surface area contributed by atoms with Crippen molar-refractivity contribution in [3.05, 3.63) is 71.3 Å². The van der Waals surface area contributed by atoms with Gasteiger partial charge in [0, 0.05) is 25.7 Å². The van der Waals surface area contributed by atoms with E-state index in [9.17, 15) is 20.4 Å². The lowest BCUT2D eigenvalue weighted by atomic mass is 10.1. The van der Waals surface area contributed by atoms with Crippen LogP contribution in [0.2, 0.25) is 0 Å². The van der Waals surface area contributed by atoms with Gasteiger partial charge < -0.3 is 62.3 Å². The van der Waals surface area contributed by atoms with Gasteiger partial charge in [0.15, 0.2) is 34.5 Å². The van der Waals surface area contributed by atoms with E-state index in [0.29, 0.717) is 35.8 Å². The number of nitrogens with two attached hydrogens (primary N) is 1. The van der Waals surface area contributed by atoms with Crippen LogP contribution >= 0.6 is 0 Å². The summed E-state index contributed by atoms with van der Waals surface area (Å²) in [5.74, 6) is -1.24. The molecule has 0 bridgehead atoms. The highest BCUT2D eigenvalue weighted by atomic mass is 16.3. The molecule has 3 rings (SSSR count). The maximum atomic E-state index is 9.73. The Morgan fingerprint density at radius 2 is 0.925 bits per heavy atom. The second kappa shape index (κ2) is 17.0. The van der Waals surface area contributed by atoms with Crippen LogP contribution in [0.25, 0.3) is 0 Å². The van der Waals surface area contributed by atoms with Crippen molar-refractivity contribution in [3.8, 4) is 34.5 Å². The van der Waals surface area contributed by atoms with E-state index >= 15 is 0 Å². The highest BCUT2D eigenvalue weighted by molar-refractivity contribution is 5.42. The van der Waals surface area contributed by atoms with Gasteiger partial charge >= 0.3 is 0 Å². The van der Waals surface area contributed by atoms with Gasteiger partial charge in [0.1, 0.15) is 0 Å². The van der Waals surface area contributed by atoms with Crippen LogP contribution in [0.3, 0.4) is 0 Å². The van der Waals surface area contributed by atoms with Crippen LogP contribution in [0.5, 0.6) is 34.5 Å². The summed E-state index contributed by atoms with van der Waals surface area (Å²) in [4.78, 5) is 0. The van der Waals surface area contributed by atoms with Crippen molar-refractivity contribution in [1.82, 2.24) is 10.6 Å². The summed E-state index contributed by atoms with van der Waals surface area (Å²) < 4.78 is 0. The van der Waals surface area contributed by atoms with Gasteiger partial charge in [-0.1, -0.05) is 32.0 Å². The molecule has 222 valence electrons. The first-order valence-electron chi connectivity index (χ1n) is 12.5. The smallest absolute Gasteiger partial charge is 0.157 e. The topological polar surface area (TPSA) is 232 Å². The van der Waals surface area contributed by atoms with E-state index in [4.69, 9.17) is 31.3 Å². The third-order valence-corrected chi connectivity index (χ3v) is 5.49. The van der Waals surface area contributed by atoms with Crippen molar-refractivity contribution < 1.29 is 46.0 Å². The zero-order valence-electron chi connectivity index (χ0n) is 22.7. The number of rotatable bonds is 9. The Bertz CT molecular complexity index is 1180. The zero-order valence-corrected chi connectivity index (χ0v) is 22.7. The number of benzene rings is 3. The molecule has 12 nitrogen and oxygen atoms in total. The van der Waals surface area contributed by atoms with Gasteiger partial charge in [-0.3, -0.25) is 0 Å². The van der Waals surface area contributed by atoms with Crippen LogP contribution in [-0.4, -0.2) is 78.7 Å². The summed E-state index contributed by atoms with van der Waals surface area (Å²) in [5.41, 5.74) is 6.85. The first-order valence-corrected chi connectivity index (χ1v) is 12.5. The Hall–Kier alpha value is -3.78. The lowest BCUT2D eigenvalue weighted by Gasteiger charge is -2.14. The number of phenols is 6. The Morgan fingerprint density at radius 3 is 1.23 bits per heavy atom. The summed E-state index contributed by atoms with van der Waals surface area (Å²) in [6.45, 7) is 4.89. The Morgan fingerprint density at radius 1 is 0.575 bits per heavy atom. The standard InChI is InChI=1S/C11H17NO3.C9H13NO3.C8H11NO3/c1-7(2)12-6-11(15)8-3-4-9(13)10(14)5-8;1-10-5-9(13)6-2-3-7(11)8(12)4-6;9-4-8(12)5-1-2-6(10)7(11)3-5/h3-5,7,11-15H,6H2,1-2H3;2-4,9-13H,5H2,1H3;1-3,8,10-12H,4,9H2/t;9-;8-/m.00/s1. The quantitative estimate of drug-likeness (QED) is 0.166. The van der Waals surface area contributed by atoms with Crippen molar-refractivity contribution in [2.75, 3.05) is 26.7 Å². The molecule has 0 heterocycles. The molecule has 3 atom stereocenters. The molecule has 0 radical (unpaired) electrons. The SMILES string of the molecule is CC(C)NCC(O)c1ccc(O)c(O)c1.CNC[C@H](O)c1ccc(O)c(O)c1.NC[C@H](O)c1ccc(O)c(O)c1. The first-order chi connectivity index (χ1) is 18.8. The molecule has 0 aromatic heterocycles. The minimum atomic E-state index is -0.795. The van der Waals surface area contributed by atoms with Gasteiger partial charge in [0.05, 0.1) is 18.3 Å². The van der Waals surface area contributed by atoms with E-state index in [1.165, 1.54) is 42.5 Å². The van der Waals surface area contributed by atoms with Crippen LogP contribution in [0.4, 0.5) is 0 Å². The summed E-state index contributed by atoms with van der Waals surface area (Å²) in [6, 6.07) is 13.0. The molecule has 12 heteroatoms. The molecule has 1 unspecified atom stereocenters. The molecule has 0 fully saturated rings. The van der Waals surface area contributed by atoms with Gasteiger partial charge in [-0.25, -0.2) is 0 Å². The van der Waals surface area contributed by atoms with Crippen molar-refractivity contribution in [3.63, 3.8) is 0 Å². The number of nitrogens with one attached hydrogen (secondary N) is 2. The molecule has 0 saturated carbocycles. The molecule has 13 N–H and O–H groups in total. The van der Waals surface area contributed by atoms with E-state index in [1.807, 2.05) is 13.8 Å².